The minimum absolute atomic E-state index is 1.27. The zero-order chi connectivity index (χ0) is 18.7. The van der Waals surface area contributed by atoms with Crippen LogP contribution in [0, 0.1) is 0 Å². The van der Waals surface area contributed by atoms with Crippen LogP contribution in [0.25, 0.3) is 0 Å². The fourth-order valence-electron chi connectivity index (χ4n) is 3.60. The number of benzene rings is 3. The molecule has 0 N–H and O–H groups in total. The van der Waals surface area contributed by atoms with Gasteiger partial charge in [-0.25, -0.2) is 0 Å². The van der Waals surface area contributed by atoms with E-state index in [2.05, 4.69) is 128 Å². The summed E-state index contributed by atoms with van der Waals surface area (Å²) in [7, 11) is 0. The average molecular weight is 581 g/mol. The van der Waals surface area contributed by atoms with Gasteiger partial charge in [-0.3, -0.25) is 0 Å². The Bertz CT molecular complexity index is 742. The molecule has 0 nitrogen and oxygen atoms in total. The number of rotatable bonds is 6. The molecule has 0 fully saturated rings. The van der Waals surface area contributed by atoms with Gasteiger partial charge in [-0.05, 0) is 0 Å². The number of halogens is 1. The molecule has 26 heavy (non-hydrogen) atoms. The first-order valence-corrected chi connectivity index (χ1v) is 25.0. The molecule has 3 heteroatoms. The first kappa shape index (κ1) is 20.4. The van der Waals surface area contributed by atoms with Crippen LogP contribution >= 0.6 is 26.3 Å². The van der Waals surface area contributed by atoms with Crippen LogP contribution in [0.4, 0.5) is 0 Å². The molecule has 0 amide bonds. The van der Waals surface area contributed by atoms with Crippen molar-refractivity contribution in [3.8, 4) is 0 Å². The van der Waals surface area contributed by atoms with Crippen LogP contribution in [-0.2, 0) is 0 Å². The summed E-state index contributed by atoms with van der Waals surface area (Å²) in [4.78, 5) is 7.69. The first-order chi connectivity index (χ1) is 12.3. The molecule has 0 atom stereocenters. The molecule has 0 radical (unpaired) electrons. The molecule has 0 bridgehead atoms. The fourth-order valence-corrected chi connectivity index (χ4v) is 25.8. The van der Waals surface area contributed by atoms with Crippen molar-refractivity contribution in [3.63, 3.8) is 0 Å². The summed E-state index contributed by atoms with van der Waals surface area (Å²) in [6, 6.07) is 33.9. The maximum atomic E-state index is 2.91. The quantitative estimate of drug-likeness (QED) is 0.185. The Morgan fingerprint density at radius 2 is 0.923 bits per heavy atom. The molecule has 0 aliphatic carbocycles. The second-order valence-corrected chi connectivity index (χ2v) is 35.0. The van der Waals surface area contributed by atoms with E-state index < -0.39 is 22.6 Å². The number of hydrogen-bond acceptors (Lipinski definition) is 0. The summed E-state index contributed by atoms with van der Waals surface area (Å²) in [6.07, 6.45) is 1.27. The Hall–Kier alpha value is -0.381. The third-order valence-electron chi connectivity index (χ3n) is 5.17. The molecular weight excluding hydrogens is 553 g/mol. The predicted molar refractivity (Wildman–Crippen MR) is 132 cm³/mol. The van der Waals surface area contributed by atoms with Gasteiger partial charge in [0.2, 0.25) is 0 Å². The molecule has 3 rings (SSSR count). The average Bonchev–Trinajstić information content (AvgIpc) is 2.68. The van der Waals surface area contributed by atoms with Crippen LogP contribution in [0.3, 0.4) is 0 Å². The van der Waals surface area contributed by atoms with Crippen molar-refractivity contribution < 1.29 is 0 Å². The van der Waals surface area contributed by atoms with E-state index in [1.54, 1.807) is 0 Å². The molecule has 0 spiro atoms. The summed E-state index contributed by atoms with van der Waals surface area (Å²) in [5.74, 6) is 0. The predicted octanol–water partition coefficient (Wildman–Crippen LogP) is 6.20. The van der Waals surface area contributed by atoms with E-state index in [1.165, 1.54) is 26.5 Å². The summed E-state index contributed by atoms with van der Waals surface area (Å²) < 4.78 is -1.13. The van der Waals surface area contributed by atoms with Crippen molar-refractivity contribution in [1.82, 2.24) is 0 Å². The third kappa shape index (κ3) is 3.91. The molecule has 3 aromatic rings. The molecule has 0 saturated carbocycles. The summed E-state index contributed by atoms with van der Waals surface area (Å²) in [6.45, 7) is 0. The van der Waals surface area contributed by atoms with E-state index in [-0.39, 0.29) is 0 Å². The van der Waals surface area contributed by atoms with E-state index in [0.717, 1.165) is 0 Å². The third-order valence-corrected chi connectivity index (χ3v) is 23.0. The standard InChI is InChI=1S/C20H19IP.3CH3.Sn/c1-2-22(21,18-12-6-3-7-13-18,19-14-8-4-9-15-19)20-16-10-5-11-17-20;;;;/h3-17H,1-2H2;3*1H3;. The van der Waals surface area contributed by atoms with Crippen LogP contribution < -0.4 is 15.9 Å². The normalized spacial score (nSPS) is 13.8. The van der Waals surface area contributed by atoms with Gasteiger partial charge in [0.1, 0.15) is 0 Å². The van der Waals surface area contributed by atoms with Gasteiger partial charge in [0.25, 0.3) is 0 Å². The van der Waals surface area contributed by atoms with Crippen LogP contribution in [0.15, 0.2) is 91.0 Å². The van der Waals surface area contributed by atoms with Gasteiger partial charge in [0.05, 0.1) is 0 Å². The van der Waals surface area contributed by atoms with E-state index in [1.807, 2.05) is 0 Å². The molecule has 136 valence electrons. The van der Waals surface area contributed by atoms with Crippen molar-refractivity contribution in [2.24, 2.45) is 0 Å². The van der Waals surface area contributed by atoms with Crippen LogP contribution in [0.1, 0.15) is 0 Å². The molecule has 0 aromatic heterocycles. The van der Waals surface area contributed by atoms with Crippen molar-refractivity contribution >= 4 is 60.6 Å². The second kappa shape index (κ2) is 7.93. The monoisotopic (exact) mass is 582 g/mol. The molecule has 0 heterocycles. The molecular formula is C23H28IPSn. The molecule has 0 aliphatic heterocycles. The van der Waals surface area contributed by atoms with Crippen molar-refractivity contribution in [2.45, 2.75) is 19.3 Å². The Labute approximate surface area is 175 Å². The number of hydrogen-bond donors (Lipinski definition) is 0. The first-order valence-electron chi connectivity index (χ1n) is 9.24. The van der Waals surface area contributed by atoms with E-state index in [9.17, 15) is 0 Å². The van der Waals surface area contributed by atoms with Crippen molar-refractivity contribution in [3.05, 3.63) is 91.0 Å². The van der Waals surface area contributed by atoms with Gasteiger partial charge >= 0.3 is 177 Å². The molecule has 0 saturated heterocycles. The van der Waals surface area contributed by atoms with Gasteiger partial charge in [-0.2, -0.15) is 0 Å². The summed E-state index contributed by atoms with van der Waals surface area (Å²) >= 11 is 0.966. The van der Waals surface area contributed by atoms with E-state index in [4.69, 9.17) is 0 Å². The Balaban J connectivity index is 2.35. The van der Waals surface area contributed by atoms with Gasteiger partial charge in [0, 0.05) is 0 Å². The zero-order valence-corrected chi connectivity index (χ0v) is 21.8. The summed E-state index contributed by atoms with van der Waals surface area (Å²) in [5.41, 5.74) is 0. The van der Waals surface area contributed by atoms with Crippen molar-refractivity contribution in [1.29, 1.82) is 0 Å². The second-order valence-electron chi connectivity index (χ2n) is 8.22. The molecule has 3 aromatic carbocycles. The Kier molecular flexibility index (Phi) is 6.21. The van der Waals surface area contributed by atoms with Gasteiger partial charge < -0.3 is 0 Å². The Morgan fingerprint density at radius 1 is 0.615 bits per heavy atom. The van der Waals surface area contributed by atoms with Crippen LogP contribution in [0.2, 0.25) is 19.3 Å². The van der Waals surface area contributed by atoms with Gasteiger partial charge in [0.15, 0.2) is 0 Å². The van der Waals surface area contributed by atoms with Crippen LogP contribution in [-0.4, -0.2) is 24.5 Å². The molecule has 0 aliphatic rings. The minimum atomic E-state index is -2.52. The SMILES string of the molecule is [CH3][Sn]([CH3])([CH3])[CH2]CP(I)(c1ccccc1)(c1ccccc1)c1ccccc1. The van der Waals surface area contributed by atoms with Crippen molar-refractivity contribution in [2.75, 3.05) is 6.16 Å². The van der Waals surface area contributed by atoms with E-state index in [0.29, 0.717) is 0 Å². The maximum absolute atomic E-state index is 2.91. The topological polar surface area (TPSA) is 0 Å². The van der Waals surface area contributed by atoms with E-state index >= 15 is 0 Å². The van der Waals surface area contributed by atoms with Crippen LogP contribution in [0.5, 0.6) is 0 Å². The summed E-state index contributed by atoms with van der Waals surface area (Å²) in [5, 5.41) is 4.52. The molecule has 0 unspecified atom stereocenters. The zero-order valence-electron chi connectivity index (χ0n) is 15.9. The van der Waals surface area contributed by atoms with Gasteiger partial charge in [-0.15, -0.1) is 0 Å². The fraction of sp³-hybridized carbons (Fsp3) is 0.217. The van der Waals surface area contributed by atoms with Gasteiger partial charge in [-0.1, -0.05) is 0 Å². The Morgan fingerprint density at radius 3 is 1.19 bits per heavy atom.